The highest BCUT2D eigenvalue weighted by Gasteiger charge is 2.17. The van der Waals surface area contributed by atoms with E-state index in [0.717, 1.165) is 37.8 Å². The summed E-state index contributed by atoms with van der Waals surface area (Å²) in [5, 5.41) is 15.4. The van der Waals surface area contributed by atoms with Crippen molar-refractivity contribution in [2.24, 2.45) is 11.8 Å². The number of piperidine rings is 1. The smallest absolute Gasteiger partial charge is 0.151 e. The maximum Gasteiger partial charge on any atom is 0.151 e. The molecule has 0 amide bonds. The zero-order chi connectivity index (χ0) is 11.4. The van der Waals surface area contributed by atoms with Crippen LogP contribution in [0.1, 0.15) is 32.5 Å². The second kappa shape index (κ2) is 5.39. The van der Waals surface area contributed by atoms with Gasteiger partial charge in [0, 0.05) is 13.0 Å². The molecule has 1 saturated heterocycles. The Balaban J connectivity index is 1.94. The molecule has 1 aliphatic heterocycles. The molecule has 90 valence electrons. The fraction of sp³-hybridized carbons (Fsp3) is 0.909. The molecule has 5 heteroatoms. The molecule has 0 aromatic carbocycles. The second-order valence-electron chi connectivity index (χ2n) is 5.07. The molecule has 16 heavy (non-hydrogen) atoms. The van der Waals surface area contributed by atoms with Crippen LogP contribution in [0.3, 0.4) is 0 Å². The highest BCUT2D eigenvalue weighted by molar-refractivity contribution is 4.86. The number of hydrogen-bond donors (Lipinski definition) is 1. The first-order valence-corrected chi connectivity index (χ1v) is 6.21. The molecule has 1 aliphatic rings. The zero-order valence-electron chi connectivity index (χ0n) is 10.2. The van der Waals surface area contributed by atoms with E-state index >= 15 is 0 Å². The quantitative estimate of drug-likeness (QED) is 0.823. The van der Waals surface area contributed by atoms with E-state index in [1.165, 1.54) is 12.8 Å². The van der Waals surface area contributed by atoms with Gasteiger partial charge in [-0.05, 0) is 48.2 Å². The molecule has 0 radical (unpaired) electrons. The molecule has 0 spiro atoms. The number of nitrogens with one attached hydrogen (secondary N) is 1. The standard InChI is InChI=1S/C11H21N5/c1-9(2)8-16-11(13-14-15-16)7-10-3-5-12-6-4-10/h9-10,12H,3-8H2,1-2H3. The van der Waals surface area contributed by atoms with Gasteiger partial charge in [0.15, 0.2) is 5.82 Å². The minimum atomic E-state index is 0.593. The maximum atomic E-state index is 4.14. The lowest BCUT2D eigenvalue weighted by molar-refractivity contribution is 0.355. The summed E-state index contributed by atoms with van der Waals surface area (Å²) in [6.07, 6.45) is 3.52. The summed E-state index contributed by atoms with van der Waals surface area (Å²) < 4.78 is 1.96. The van der Waals surface area contributed by atoms with E-state index in [-0.39, 0.29) is 0 Å². The monoisotopic (exact) mass is 223 g/mol. The molecule has 0 aliphatic carbocycles. The SMILES string of the molecule is CC(C)Cn1nnnc1CC1CCNCC1. The first-order chi connectivity index (χ1) is 7.75. The third-order valence-electron chi connectivity index (χ3n) is 3.07. The summed E-state index contributed by atoms with van der Waals surface area (Å²) in [6, 6.07) is 0. The van der Waals surface area contributed by atoms with Gasteiger partial charge in [-0.3, -0.25) is 0 Å². The van der Waals surface area contributed by atoms with Crippen LogP contribution in [0, 0.1) is 11.8 Å². The molecule has 1 N–H and O–H groups in total. The molecular weight excluding hydrogens is 202 g/mol. The fourth-order valence-electron chi connectivity index (χ4n) is 2.20. The Labute approximate surface area is 96.6 Å². The summed E-state index contributed by atoms with van der Waals surface area (Å²) in [4.78, 5) is 0. The average Bonchev–Trinajstić information content (AvgIpc) is 2.66. The van der Waals surface area contributed by atoms with Crippen LogP contribution >= 0.6 is 0 Å². The predicted octanol–water partition coefficient (Wildman–Crippen LogP) is 0.871. The van der Waals surface area contributed by atoms with E-state index in [1.807, 2.05) is 4.68 Å². The van der Waals surface area contributed by atoms with Crippen LogP contribution in [0.5, 0.6) is 0 Å². The molecule has 2 rings (SSSR count). The summed E-state index contributed by atoms with van der Waals surface area (Å²) in [5.74, 6) is 2.40. The molecule has 0 saturated carbocycles. The van der Waals surface area contributed by atoms with Crippen molar-refractivity contribution < 1.29 is 0 Å². The van der Waals surface area contributed by atoms with E-state index in [2.05, 4.69) is 34.7 Å². The van der Waals surface area contributed by atoms with E-state index in [9.17, 15) is 0 Å². The predicted molar refractivity (Wildman–Crippen MR) is 62.0 cm³/mol. The van der Waals surface area contributed by atoms with Crippen molar-refractivity contribution >= 4 is 0 Å². The largest absolute Gasteiger partial charge is 0.317 e. The molecule has 0 atom stereocenters. The summed E-state index contributed by atoms with van der Waals surface area (Å²) >= 11 is 0. The maximum absolute atomic E-state index is 4.14. The fourth-order valence-corrected chi connectivity index (χ4v) is 2.20. The minimum Gasteiger partial charge on any atom is -0.317 e. The molecule has 2 heterocycles. The lowest BCUT2D eigenvalue weighted by atomic mass is 9.94. The summed E-state index contributed by atoms with van der Waals surface area (Å²) in [6.45, 7) is 7.58. The number of hydrogen-bond acceptors (Lipinski definition) is 4. The Morgan fingerprint density at radius 2 is 2.12 bits per heavy atom. The van der Waals surface area contributed by atoms with E-state index < -0.39 is 0 Å². The van der Waals surface area contributed by atoms with Crippen LogP contribution in [-0.4, -0.2) is 33.3 Å². The first-order valence-electron chi connectivity index (χ1n) is 6.21. The van der Waals surface area contributed by atoms with Gasteiger partial charge in [0.2, 0.25) is 0 Å². The number of tetrazole rings is 1. The lowest BCUT2D eigenvalue weighted by Gasteiger charge is -2.22. The molecule has 5 nitrogen and oxygen atoms in total. The molecule has 0 unspecified atom stereocenters. The van der Waals surface area contributed by atoms with Gasteiger partial charge in [0.25, 0.3) is 0 Å². The van der Waals surface area contributed by atoms with Gasteiger partial charge < -0.3 is 5.32 Å². The zero-order valence-corrected chi connectivity index (χ0v) is 10.2. The highest BCUT2D eigenvalue weighted by atomic mass is 15.5. The van der Waals surface area contributed by atoms with Gasteiger partial charge in [-0.15, -0.1) is 5.10 Å². The molecule has 1 aromatic heterocycles. The van der Waals surface area contributed by atoms with E-state index in [0.29, 0.717) is 5.92 Å². The Morgan fingerprint density at radius 1 is 1.38 bits per heavy atom. The van der Waals surface area contributed by atoms with Crippen molar-refractivity contribution in [3.8, 4) is 0 Å². The van der Waals surface area contributed by atoms with Crippen molar-refractivity contribution in [2.45, 2.75) is 39.7 Å². The van der Waals surface area contributed by atoms with Crippen molar-refractivity contribution in [1.82, 2.24) is 25.5 Å². The van der Waals surface area contributed by atoms with Crippen molar-refractivity contribution in [2.75, 3.05) is 13.1 Å². The van der Waals surface area contributed by atoms with E-state index in [4.69, 9.17) is 0 Å². The van der Waals surface area contributed by atoms with Gasteiger partial charge in [0.05, 0.1) is 0 Å². The van der Waals surface area contributed by atoms with Crippen molar-refractivity contribution in [3.63, 3.8) is 0 Å². The van der Waals surface area contributed by atoms with Crippen LogP contribution in [-0.2, 0) is 13.0 Å². The second-order valence-corrected chi connectivity index (χ2v) is 5.07. The van der Waals surface area contributed by atoms with E-state index in [1.54, 1.807) is 0 Å². The number of nitrogens with zero attached hydrogens (tertiary/aromatic N) is 4. The summed E-state index contributed by atoms with van der Waals surface area (Å²) in [7, 11) is 0. The van der Waals surface area contributed by atoms with Crippen LogP contribution in [0.25, 0.3) is 0 Å². The Bertz CT molecular complexity index is 314. The van der Waals surface area contributed by atoms with Crippen LogP contribution < -0.4 is 5.32 Å². The van der Waals surface area contributed by atoms with Gasteiger partial charge >= 0.3 is 0 Å². The van der Waals surface area contributed by atoms with Gasteiger partial charge in [-0.2, -0.15) is 0 Å². The number of aromatic nitrogens is 4. The van der Waals surface area contributed by atoms with Gasteiger partial charge in [0.1, 0.15) is 0 Å². The lowest BCUT2D eigenvalue weighted by Crippen LogP contribution is -2.29. The number of rotatable bonds is 4. The topological polar surface area (TPSA) is 55.6 Å². The van der Waals surface area contributed by atoms with Crippen LogP contribution in [0.15, 0.2) is 0 Å². The van der Waals surface area contributed by atoms with Crippen LogP contribution in [0.4, 0.5) is 0 Å². The normalized spacial score (nSPS) is 18.2. The first kappa shape index (κ1) is 11.5. The third-order valence-corrected chi connectivity index (χ3v) is 3.07. The Kier molecular flexibility index (Phi) is 3.88. The molecule has 1 aromatic rings. The molecular formula is C11H21N5. The minimum absolute atomic E-state index is 0.593. The van der Waals surface area contributed by atoms with Gasteiger partial charge in [-0.25, -0.2) is 4.68 Å². The third kappa shape index (κ3) is 3.01. The molecule has 0 bridgehead atoms. The highest BCUT2D eigenvalue weighted by Crippen LogP contribution is 2.16. The summed E-state index contributed by atoms with van der Waals surface area (Å²) in [5.41, 5.74) is 0. The molecule has 1 fully saturated rings. The van der Waals surface area contributed by atoms with Crippen molar-refractivity contribution in [1.29, 1.82) is 0 Å². The average molecular weight is 223 g/mol. The van der Waals surface area contributed by atoms with Crippen LogP contribution in [0.2, 0.25) is 0 Å². The van der Waals surface area contributed by atoms with Gasteiger partial charge in [-0.1, -0.05) is 13.8 Å². The van der Waals surface area contributed by atoms with Crippen molar-refractivity contribution in [3.05, 3.63) is 5.82 Å². The Morgan fingerprint density at radius 3 is 2.81 bits per heavy atom. The Hall–Kier alpha value is -0.970.